The van der Waals surface area contributed by atoms with Crippen LogP contribution in [-0.4, -0.2) is 39.4 Å². The molecule has 4 nitrogen and oxygen atoms in total. The number of rotatable bonds is 3. The van der Waals surface area contributed by atoms with E-state index in [2.05, 4.69) is 5.32 Å². The Labute approximate surface area is 201 Å². The highest BCUT2D eigenvalue weighted by atomic mass is 35.5. The van der Waals surface area contributed by atoms with Crippen molar-refractivity contribution in [2.45, 2.75) is 55.8 Å². The first kappa shape index (κ1) is 25.4. The summed E-state index contributed by atoms with van der Waals surface area (Å²) in [6.07, 6.45) is -9.11. The number of aryl methyl sites for hydroxylation is 1. The van der Waals surface area contributed by atoms with Gasteiger partial charge in [-0.25, -0.2) is 4.39 Å². The summed E-state index contributed by atoms with van der Waals surface area (Å²) in [6, 6.07) is 8.74. The van der Waals surface area contributed by atoms with E-state index in [1.807, 2.05) is 0 Å². The van der Waals surface area contributed by atoms with E-state index in [-0.39, 0.29) is 16.7 Å². The van der Waals surface area contributed by atoms with Gasteiger partial charge in [0.25, 0.3) is 5.91 Å². The van der Waals surface area contributed by atoms with Gasteiger partial charge in [-0.15, -0.1) is 0 Å². The Morgan fingerprint density at radius 3 is 2.09 bits per heavy atom. The summed E-state index contributed by atoms with van der Waals surface area (Å²) in [6.45, 7) is 1.51. The lowest BCUT2D eigenvalue weighted by Crippen LogP contribution is -2.62. The molecular weight excluding hydrogens is 500 g/mol. The number of hydrogen-bond donors (Lipinski definition) is 3. The Balaban J connectivity index is 1.72. The molecule has 1 heterocycles. The van der Waals surface area contributed by atoms with Gasteiger partial charge in [0.15, 0.2) is 0 Å². The molecule has 0 unspecified atom stereocenters. The molecule has 1 saturated carbocycles. The van der Waals surface area contributed by atoms with Gasteiger partial charge in [0.2, 0.25) is 0 Å². The highest BCUT2D eigenvalue weighted by Crippen LogP contribution is 2.53. The smallest absolute Gasteiger partial charge is 0.456 e. The minimum absolute atomic E-state index is 0.110. The number of amides is 1. The summed E-state index contributed by atoms with van der Waals surface area (Å²) in [4.78, 5) is 12.9. The predicted molar refractivity (Wildman–Crippen MR) is 116 cm³/mol. The number of carbonyl (C=O) groups is 1. The van der Waals surface area contributed by atoms with E-state index in [0.29, 0.717) is 16.1 Å². The zero-order chi connectivity index (χ0) is 26.0. The van der Waals surface area contributed by atoms with E-state index in [9.17, 15) is 41.4 Å². The quantitative estimate of drug-likeness (QED) is 0.430. The van der Waals surface area contributed by atoms with Crippen LogP contribution in [0.15, 0.2) is 42.2 Å². The Kier molecular flexibility index (Phi) is 5.92. The van der Waals surface area contributed by atoms with Crippen LogP contribution in [-0.2, 0) is 4.79 Å². The summed E-state index contributed by atoms with van der Waals surface area (Å²) in [5.41, 5.74) is -4.21. The van der Waals surface area contributed by atoms with Crippen LogP contribution in [0.5, 0.6) is 0 Å². The lowest BCUT2D eigenvalue weighted by atomic mass is 9.70. The minimum atomic E-state index is -5.96. The molecule has 1 fully saturated rings. The van der Waals surface area contributed by atoms with Crippen LogP contribution in [0.1, 0.15) is 36.8 Å². The topological polar surface area (TPSA) is 69.6 Å². The van der Waals surface area contributed by atoms with Gasteiger partial charge in [-0.1, -0.05) is 23.7 Å². The molecule has 1 amide bonds. The number of benzene rings is 2. The molecule has 188 valence electrons. The van der Waals surface area contributed by atoms with E-state index >= 15 is 0 Å². The van der Waals surface area contributed by atoms with Crippen molar-refractivity contribution < 1.29 is 41.4 Å². The first-order chi connectivity index (χ1) is 16.1. The second kappa shape index (κ2) is 8.16. The molecule has 0 saturated heterocycles. The van der Waals surface area contributed by atoms with Gasteiger partial charge in [0, 0.05) is 10.6 Å². The molecule has 1 aliphatic carbocycles. The maximum atomic E-state index is 14.7. The van der Waals surface area contributed by atoms with E-state index in [0.717, 1.165) is 0 Å². The second-order valence-electron chi connectivity index (χ2n) is 9.02. The van der Waals surface area contributed by atoms with Crippen molar-refractivity contribution in [2.24, 2.45) is 0 Å². The van der Waals surface area contributed by atoms with Crippen LogP contribution < -0.4 is 5.32 Å². The fourth-order valence-corrected chi connectivity index (χ4v) is 4.88. The van der Waals surface area contributed by atoms with Gasteiger partial charge >= 0.3 is 12.1 Å². The lowest BCUT2D eigenvalue weighted by molar-refractivity contribution is -0.347. The largest absolute Gasteiger partial charge is 0.509 e. The summed E-state index contributed by atoms with van der Waals surface area (Å²) in [7, 11) is 0. The third-order valence-electron chi connectivity index (χ3n) is 6.88. The second-order valence-corrected chi connectivity index (χ2v) is 9.45. The van der Waals surface area contributed by atoms with Gasteiger partial charge < -0.3 is 15.5 Å². The average molecular weight is 520 g/mol. The number of nitrogens with one attached hydrogen (secondary N) is 1. The first-order valence-corrected chi connectivity index (χ1v) is 11.0. The van der Waals surface area contributed by atoms with Gasteiger partial charge in [-0.2, -0.15) is 22.0 Å². The molecule has 0 radical (unpaired) electrons. The fourth-order valence-electron chi connectivity index (χ4n) is 4.76. The van der Waals surface area contributed by atoms with Gasteiger partial charge in [0.05, 0.1) is 11.1 Å². The summed E-state index contributed by atoms with van der Waals surface area (Å²) >= 11 is 5.88. The number of aliphatic hydroxyl groups excluding tert-OH is 1. The number of aliphatic hydroxyl groups is 2. The van der Waals surface area contributed by atoms with E-state index in [4.69, 9.17) is 11.6 Å². The minimum Gasteiger partial charge on any atom is -0.509 e. The zero-order valence-corrected chi connectivity index (χ0v) is 19.0. The Bertz CT molecular complexity index is 1220. The van der Waals surface area contributed by atoms with Crippen molar-refractivity contribution in [3.05, 3.63) is 64.1 Å². The van der Waals surface area contributed by atoms with Crippen molar-refractivity contribution >= 4 is 23.1 Å². The monoisotopic (exact) mass is 519 g/mol. The van der Waals surface area contributed by atoms with Crippen LogP contribution >= 0.6 is 11.6 Å². The van der Waals surface area contributed by atoms with Crippen molar-refractivity contribution in [3.63, 3.8) is 0 Å². The standard InChI is InChI=1S/C24H20ClF6NO3/c1-12-10-17(26)16(13-2-4-14(25)5-3-13)11-15(12)18-19(33)21(32-20(18)34)6-8-22(35,9-7-21)23(27,28)24(29,30)31/h2-5,10-11,33,35H,6-9H2,1H3,(H,32,34). The predicted octanol–water partition coefficient (Wildman–Crippen LogP) is 6.09. The molecule has 35 heavy (non-hydrogen) atoms. The zero-order valence-electron chi connectivity index (χ0n) is 18.2. The van der Waals surface area contributed by atoms with Crippen molar-refractivity contribution in [3.8, 4) is 11.1 Å². The fraction of sp³-hybridized carbons (Fsp3) is 0.375. The molecular formula is C24H20ClF6NO3. The van der Waals surface area contributed by atoms with Crippen LogP contribution in [0, 0.1) is 12.7 Å². The number of alkyl halides is 5. The molecule has 3 N–H and O–H groups in total. The van der Waals surface area contributed by atoms with Crippen LogP contribution in [0.2, 0.25) is 5.02 Å². The molecule has 0 atom stereocenters. The van der Waals surface area contributed by atoms with E-state index < -0.39 is 66.4 Å². The third-order valence-corrected chi connectivity index (χ3v) is 7.13. The van der Waals surface area contributed by atoms with E-state index in [1.54, 1.807) is 24.3 Å². The number of halogens is 7. The SMILES string of the molecule is Cc1cc(F)c(-c2ccc(Cl)cc2)cc1C1=C(O)C2(CCC(O)(C(F)(F)C(F)(F)F)CC2)NC1=O. The van der Waals surface area contributed by atoms with Crippen LogP contribution in [0.4, 0.5) is 26.3 Å². The Morgan fingerprint density at radius 2 is 1.54 bits per heavy atom. The number of carbonyl (C=O) groups excluding carboxylic acids is 1. The Hall–Kier alpha value is -2.72. The summed E-state index contributed by atoms with van der Waals surface area (Å²) in [5.74, 6) is -7.30. The maximum Gasteiger partial charge on any atom is 0.456 e. The van der Waals surface area contributed by atoms with Crippen LogP contribution in [0.25, 0.3) is 16.7 Å². The molecule has 0 bridgehead atoms. The molecule has 2 aromatic rings. The van der Waals surface area contributed by atoms with Gasteiger partial charge in [-0.05, 0) is 73.6 Å². The lowest BCUT2D eigenvalue weighted by Gasteiger charge is -2.45. The molecule has 2 aliphatic rings. The van der Waals surface area contributed by atoms with Crippen molar-refractivity contribution in [1.29, 1.82) is 0 Å². The molecule has 1 spiro atoms. The van der Waals surface area contributed by atoms with Gasteiger partial charge in [-0.3, -0.25) is 4.79 Å². The van der Waals surface area contributed by atoms with Crippen molar-refractivity contribution in [2.75, 3.05) is 0 Å². The highest BCUT2D eigenvalue weighted by molar-refractivity contribution is 6.30. The third kappa shape index (κ3) is 3.96. The molecule has 1 aliphatic heterocycles. The Morgan fingerprint density at radius 1 is 0.971 bits per heavy atom. The van der Waals surface area contributed by atoms with E-state index in [1.165, 1.54) is 19.1 Å². The maximum absolute atomic E-state index is 14.7. The molecule has 0 aromatic heterocycles. The first-order valence-electron chi connectivity index (χ1n) is 10.6. The normalized spacial score (nSPS) is 25.3. The molecule has 11 heteroatoms. The summed E-state index contributed by atoms with van der Waals surface area (Å²) in [5, 5.41) is 24.1. The number of hydrogen-bond acceptors (Lipinski definition) is 3. The molecule has 4 rings (SSSR count). The highest BCUT2D eigenvalue weighted by Gasteiger charge is 2.71. The average Bonchev–Trinajstić information content (AvgIpc) is 3.00. The van der Waals surface area contributed by atoms with Crippen LogP contribution in [0.3, 0.4) is 0 Å². The summed E-state index contributed by atoms with van der Waals surface area (Å²) < 4.78 is 81.2. The van der Waals surface area contributed by atoms with Crippen molar-refractivity contribution in [1.82, 2.24) is 5.32 Å². The van der Waals surface area contributed by atoms with Gasteiger partial charge in [0.1, 0.15) is 17.2 Å². The molecule has 2 aromatic carbocycles.